The first kappa shape index (κ1) is 13.2. The van der Waals surface area contributed by atoms with Crippen molar-refractivity contribution in [3.8, 4) is 0 Å². The molecule has 0 unspecified atom stereocenters. The van der Waals surface area contributed by atoms with Crippen molar-refractivity contribution in [2.24, 2.45) is 0 Å². The second kappa shape index (κ2) is 6.03. The Bertz CT molecular complexity index is 439. The van der Waals surface area contributed by atoms with Crippen molar-refractivity contribution in [2.75, 3.05) is 26.0 Å². The van der Waals surface area contributed by atoms with Gasteiger partial charge in [0, 0.05) is 46.0 Å². The Morgan fingerprint density at radius 1 is 1.53 bits per heavy atom. The number of rotatable bonds is 5. The smallest absolute Gasteiger partial charge is 0.293 e. The molecule has 1 amide bonds. The molecule has 0 aliphatic rings. The van der Waals surface area contributed by atoms with Crippen LogP contribution in [0.4, 0.5) is 5.82 Å². The van der Waals surface area contributed by atoms with E-state index in [-0.39, 0.29) is 11.5 Å². The predicted molar refractivity (Wildman–Crippen MR) is 66.0 cm³/mol. The molecule has 1 rings (SSSR count). The highest BCUT2D eigenvalue weighted by Gasteiger charge is 2.06. The van der Waals surface area contributed by atoms with E-state index in [1.54, 1.807) is 31.1 Å². The molecule has 0 aliphatic heterocycles. The van der Waals surface area contributed by atoms with Gasteiger partial charge in [-0.25, -0.2) is 4.98 Å². The Labute approximate surface area is 100 Å². The van der Waals surface area contributed by atoms with Gasteiger partial charge in [-0.1, -0.05) is 0 Å². The summed E-state index contributed by atoms with van der Waals surface area (Å²) >= 11 is 0. The van der Waals surface area contributed by atoms with E-state index in [1.165, 1.54) is 4.90 Å². The summed E-state index contributed by atoms with van der Waals surface area (Å²) in [4.78, 5) is 28.6. The van der Waals surface area contributed by atoms with E-state index in [1.807, 2.05) is 6.92 Å². The summed E-state index contributed by atoms with van der Waals surface area (Å²) in [5.41, 5.74) is -0.160. The number of aryl methyl sites for hydroxylation is 1. The Morgan fingerprint density at radius 2 is 2.24 bits per heavy atom. The van der Waals surface area contributed by atoms with Crippen molar-refractivity contribution in [1.29, 1.82) is 0 Å². The van der Waals surface area contributed by atoms with Crippen LogP contribution in [0.15, 0.2) is 17.2 Å². The standard InChI is InChI=1S/C11H18N4O2/c1-4-15-8-7-13-10(11(15)17)12-6-5-9(16)14(2)3/h7-8H,4-6H2,1-3H3,(H,12,13). The number of nitrogens with zero attached hydrogens (tertiary/aromatic N) is 3. The summed E-state index contributed by atoms with van der Waals surface area (Å²) in [5.74, 6) is 0.310. The predicted octanol–water partition coefficient (Wildman–Crippen LogP) is 0.153. The van der Waals surface area contributed by atoms with Crippen LogP contribution in [0.5, 0.6) is 0 Å². The molecule has 0 spiro atoms. The molecule has 1 aromatic heterocycles. The summed E-state index contributed by atoms with van der Waals surface area (Å²) in [7, 11) is 3.40. The highest BCUT2D eigenvalue weighted by Crippen LogP contribution is 1.94. The van der Waals surface area contributed by atoms with E-state index >= 15 is 0 Å². The molecule has 0 aromatic carbocycles. The lowest BCUT2D eigenvalue weighted by Crippen LogP contribution is -2.27. The molecule has 0 saturated carbocycles. The van der Waals surface area contributed by atoms with Crippen molar-refractivity contribution in [2.45, 2.75) is 19.9 Å². The van der Waals surface area contributed by atoms with Crippen LogP contribution in [0.25, 0.3) is 0 Å². The molecule has 1 N–H and O–H groups in total. The fourth-order valence-electron chi connectivity index (χ4n) is 1.33. The Kier molecular flexibility index (Phi) is 4.68. The molecule has 0 fully saturated rings. The second-order valence-corrected chi connectivity index (χ2v) is 3.83. The first-order chi connectivity index (χ1) is 8.06. The molecule has 0 atom stereocenters. The molecular formula is C11H18N4O2. The highest BCUT2D eigenvalue weighted by molar-refractivity contribution is 5.76. The van der Waals surface area contributed by atoms with E-state index in [0.717, 1.165) is 0 Å². The van der Waals surface area contributed by atoms with Gasteiger partial charge in [0.2, 0.25) is 5.91 Å². The molecule has 17 heavy (non-hydrogen) atoms. The normalized spacial score (nSPS) is 10.1. The van der Waals surface area contributed by atoms with Crippen LogP contribution >= 0.6 is 0 Å². The average Bonchev–Trinajstić information content (AvgIpc) is 2.31. The third-order valence-corrected chi connectivity index (χ3v) is 2.38. The largest absolute Gasteiger partial charge is 0.365 e. The second-order valence-electron chi connectivity index (χ2n) is 3.83. The average molecular weight is 238 g/mol. The Balaban J connectivity index is 2.58. The Hall–Kier alpha value is -1.85. The molecule has 0 radical (unpaired) electrons. The molecule has 1 aromatic rings. The van der Waals surface area contributed by atoms with Crippen molar-refractivity contribution >= 4 is 11.7 Å². The fraction of sp³-hybridized carbons (Fsp3) is 0.545. The van der Waals surface area contributed by atoms with E-state index < -0.39 is 0 Å². The minimum absolute atomic E-state index is 0.0178. The fourth-order valence-corrected chi connectivity index (χ4v) is 1.33. The summed E-state index contributed by atoms with van der Waals surface area (Å²) in [5, 5.41) is 2.88. The maximum Gasteiger partial charge on any atom is 0.293 e. The van der Waals surface area contributed by atoms with Gasteiger partial charge in [0.1, 0.15) is 0 Å². The minimum Gasteiger partial charge on any atom is -0.365 e. The van der Waals surface area contributed by atoms with Gasteiger partial charge in [-0.05, 0) is 6.92 Å². The summed E-state index contributed by atoms with van der Waals surface area (Å²) < 4.78 is 1.56. The van der Waals surface area contributed by atoms with E-state index in [9.17, 15) is 9.59 Å². The van der Waals surface area contributed by atoms with Crippen molar-refractivity contribution < 1.29 is 4.79 Å². The lowest BCUT2D eigenvalue weighted by Gasteiger charge is -2.11. The summed E-state index contributed by atoms with van der Waals surface area (Å²) in [6.07, 6.45) is 3.55. The van der Waals surface area contributed by atoms with Crippen molar-refractivity contribution in [3.05, 3.63) is 22.7 Å². The molecule has 1 heterocycles. The molecule has 6 heteroatoms. The SMILES string of the molecule is CCn1ccnc(NCCC(=O)N(C)C)c1=O. The van der Waals surface area contributed by atoms with Crippen molar-refractivity contribution in [3.63, 3.8) is 0 Å². The molecule has 0 aliphatic carbocycles. The molecule has 94 valence electrons. The van der Waals surface area contributed by atoms with Gasteiger partial charge in [0.15, 0.2) is 5.82 Å². The maximum absolute atomic E-state index is 11.8. The lowest BCUT2D eigenvalue weighted by molar-refractivity contribution is -0.128. The quantitative estimate of drug-likeness (QED) is 0.793. The minimum atomic E-state index is -0.160. The van der Waals surface area contributed by atoms with Gasteiger partial charge in [-0.2, -0.15) is 0 Å². The van der Waals surface area contributed by atoms with E-state index in [2.05, 4.69) is 10.3 Å². The number of hydrogen-bond acceptors (Lipinski definition) is 4. The van der Waals surface area contributed by atoms with Gasteiger partial charge in [0.25, 0.3) is 5.56 Å². The number of hydrogen-bond donors (Lipinski definition) is 1. The number of aromatic nitrogens is 2. The first-order valence-electron chi connectivity index (χ1n) is 5.55. The van der Waals surface area contributed by atoms with Crippen LogP contribution < -0.4 is 10.9 Å². The number of amides is 1. The van der Waals surface area contributed by atoms with Gasteiger partial charge in [-0.15, -0.1) is 0 Å². The van der Waals surface area contributed by atoms with Gasteiger partial charge >= 0.3 is 0 Å². The van der Waals surface area contributed by atoms with Gasteiger partial charge in [-0.3, -0.25) is 9.59 Å². The van der Waals surface area contributed by atoms with Crippen LogP contribution in [0.1, 0.15) is 13.3 Å². The van der Waals surface area contributed by atoms with Gasteiger partial charge < -0.3 is 14.8 Å². The third kappa shape index (κ3) is 3.58. The number of anilines is 1. The zero-order valence-corrected chi connectivity index (χ0v) is 10.4. The number of nitrogens with one attached hydrogen (secondary N) is 1. The van der Waals surface area contributed by atoms with Crippen LogP contribution in [0, 0.1) is 0 Å². The molecular weight excluding hydrogens is 220 g/mol. The maximum atomic E-state index is 11.8. The molecule has 0 saturated heterocycles. The summed E-state index contributed by atoms with van der Waals surface area (Å²) in [6, 6.07) is 0. The summed E-state index contributed by atoms with van der Waals surface area (Å²) in [6.45, 7) is 2.90. The lowest BCUT2D eigenvalue weighted by atomic mass is 10.4. The first-order valence-corrected chi connectivity index (χ1v) is 5.55. The van der Waals surface area contributed by atoms with Crippen LogP contribution in [0.3, 0.4) is 0 Å². The Morgan fingerprint density at radius 3 is 2.82 bits per heavy atom. The van der Waals surface area contributed by atoms with Crippen molar-refractivity contribution in [1.82, 2.24) is 14.5 Å². The molecule has 0 bridgehead atoms. The highest BCUT2D eigenvalue weighted by atomic mass is 16.2. The third-order valence-electron chi connectivity index (χ3n) is 2.38. The monoisotopic (exact) mass is 238 g/mol. The topological polar surface area (TPSA) is 67.2 Å². The van der Waals surface area contributed by atoms with Crippen LogP contribution in [-0.2, 0) is 11.3 Å². The van der Waals surface area contributed by atoms with Crippen LogP contribution in [-0.4, -0.2) is 41.0 Å². The van der Waals surface area contributed by atoms with E-state index in [4.69, 9.17) is 0 Å². The van der Waals surface area contributed by atoms with E-state index in [0.29, 0.717) is 25.3 Å². The van der Waals surface area contributed by atoms with Gasteiger partial charge in [0.05, 0.1) is 0 Å². The van der Waals surface area contributed by atoms with Crippen LogP contribution in [0.2, 0.25) is 0 Å². The number of carbonyl (C=O) groups excluding carboxylic acids is 1. The molecule has 6 nitrogen and oxygen atoms in total. The zero-order chi connectivity index (χ0) is 12.8. The number of carbonyl (C=O) groups is 1. The zero-order valence-electron chi connectivity index (χ0n) is 10.4.